The molecule has 0 saturated carbocycles. The van der Waals surface area contributed by atoms with Gasteiger partial charge in [-0.25, -0.2) is 0 Å². The lowest BCUT2D eigenvalue weighted by molar-refractivity contribution is 0.669. The summed E-state index contributed by atoms with van der Waals surface area (Å²) in [5, 5.41) is 9.60. The van der Waals surface area contributed by atoms with Crippen molar-refractivity contribution in [1.82, 2.24) is 0 Å². The van der Waals surface area contributed by atoms with E-state index in [4.69, 9.17) is 4.42 Å². The van der Waals surface area contributed by atoms with Crippen molar-refractivity contribution in [2.24, 2.45) is 0 Å². The molecule has 2 heteroatoms. The summed E-state index contributed by atoms with van der Waals surface area (Å²) in [4.78, 5) is 2.35. The van der Waals surface area contributed by atoms with E-state index in [1.807, 2.05) is 6.07 Å². The topological polar surface area (TPSA) is 16.4 Å². The quantitative estimate of drug-likeness (QED) is 0.160. The van der Waals surface area contributed by atoms with Crippen molar-refractivity contribution >= 4 is 71.3 Å². The third-order valence-electron chi connectivity index (χ3n) is 11.2. The fourth-order valence-electron chi connectivity index (χ4n) is 8.70. The van der Waals surface area contributed by atoms with Gasteiger partial charge >= 0.3 is 0 Å². The van der Waals surface area contributed by atoms with Crippen LogP contribution in [0.3, 0.4) is 0 Å². The monoisotopic (exact) mass is 713 g/mol. The molecule has 0 spiro atoms. The summed E-state index contributed by atoms with van der Waals surface area (Å²) in [5.41, 5.74) is 12.2. The molecule has 0 saturated heterocycles. The average molecular weight is 714 g/mol. The summed E-state index contributed by atoms with van der Waals surface area (Å²) < 4.78 is 6.63. The molecule has 1 heterocycles. The second kappa shape index (κ2) is 13.2. The van der Waals surface area contributed by atoms with Crippen LogP contribution in [0.25, 0.3) is 87.6 Å². The van der Waals surface area contributed by atoms with Gasteiger partial charge in [-0.2, -0.15) is 0 Å². The van der Waals surface area contributed by atoms with E-state index in [9.17, 15) is 0 Å². The Hall–Kier alpha value is -7.42. The highest BCUT2D eigenvalue weighted by atomic mass is 16.3. The number of rotatable bonds is 6. The van der Waals surface area contributed by atoms with E-state index in [0.29, 0.717) is 0 Å². The smallest absolute Gasteiger partial charge is 0.159 e. The Balaban J connectivity index is 1.11. The second-order valence-corrected chi connectivity index (χ2v) is 14.4. The van der Waals surface area contributed by atoms with Crippen LogP contribution < -0.4 is 4.90 Å². The Kier molecular flexibility index (Phi) is 7.53. The number of nitrogens with zero attached hydrogens (tertiary/aromatic N) is 1. The standard InChI is InChI=1S/C54H35NO/c1-3-16-38(17-4-1)52-46-24-10-9-22-43(46)44-34-31-40(35-48(44)53(52)39-18-5-2-6-19-39)36-29-32-41(33-30-36)55(49-26-13-20-37-15-7-8-21-42(37)49)50-27-14-25-47-45-23-11-12-28-51(45)56-54(47)50/h1-35H. The van der Waals surface area contributed by atoms with Crippen LogP contribution in [0.4, 0.5) is 17.1 Å². The summed E-state index contributed by atoms with van der Waals surface area (Å²) in [6.07, 6.45) is 0. The Labute approximate surface area is 325 Å². The molecule has 0 amide bonds. The molecule has 0 bridgehead atoms. The second-order valence-electron chi connectivity index (χ2n) is 14.4. The Morgan fingerprint density at radius 1 is 0.304 bits per heavy atom. The van der Waals surface area contributed by atoms with Crippen LogP contribution in [0.15, 0.2) is 217 Å². The molecule has 0 fully saturated rings. The molecule has 0 aliphatic carbocycles. The number of hydrogen-bond acceptors (Lipinski definition) is 2. The number of furan rings is 1. The van der Waals surface area contributed by atoms with Gasteiger partial charge in [0.15, 0.2) is 5.58 Å². The lowest BCUT2D eigenvalue weighted by atomic mass is 9.84. The largest absolute Gasteiger partial charge is 0.454 e. The van der Waals surface area contributed by atoms with E-state index >= 15 is 0 Å². The minimum absolute atomic E-state index is 0.870. The first-order valence-electron chi connectivity index (χ1n) is 19.2. The molecule has 10 aromatic carbocycles. The Morgan fingerprint density at radius 2 is 0.839 bits per heavy atom. The molecule has 262 valence electrons. The summed E-state index contributed by atoms with van der Waals surface area (Å²) in [7, 11) is 0. The van der Waals surface area contributed by atoms with Crippen molar-refractivity contribution < 1.29 is 4.42 Å². The lowest BCUT2D eigenvalue weighted by Crippen LogP contribution is -2.10. The van der Waals surface area contributed by atoms with Gasteiger partial charge in [-0.1, -0.05) is 176 Å². The van der Waals surface area contributed by atoms with Gasteiger partial charge in [0.2, 0.25) is 0 Å². The first-order valence-corrected chi connectivity index (χ1v) is 19.2. The van der Waals surface area contributed by atoms with Gasteiger partial charge in [0.1, 0.15) is 5.58 Å². The number of hydrogen-bond donors (Lipinski definition) is 0. The normalized spacial score (nSPS) is 11.6. The molecule has 0 radical (unpaired) electrons. The SMILES string of the molecule is c1ccc(-c2c(-c3ccccc3)c3cc(-c4ccc(N(c5cccc6ccccc56)c5cccc6c5oc5ccccc56)cc4)ccc3c3ccccc23)cc1. The van der Waals surface area contributed by atoms with Crippen LogP contribution in [0.2, 0.25) is 0 Å². The summed E-state index contributed by atoms with van der Waals surface area (Å²) in [6, 6.07) is 76.4. The van der Waals surface area contributed by atoms with Crippen LogP contribution in [-0.2, 0) is 0 Å². The maximum atomic E-state index is 6.63. The summed E-state index contributed by atoms with van der Waals surface area (Å²) in [5.74, 6) is 0. The van der Waals surface area contributed by atoms with Crippen LogP contribution in [0.5, 0.6) is 0 Å². The van der Waals surface area contributed by atoms with E-state index in [-0.39, 0.29) is 0 Å². The average Bonchev–Trinajstić information content (AvgIpc) is 3.66. The predicted octanol–water partition coefficient (Wildman–Crippen LogP) is 15.5. The van der Waals surface area contributed by atoms with Crippen molar-refractivity contribution in [3.63, 3.8) is 0 Å². The zero-order chi connectivity index (χ0) is 37.0. The van der Waals surface area contributed by atoms with Gasteiger partial charge in [-0.05, 0) is 96.7 Å². The fourth-order valence-corrected chi connectivity index (χ4v) is 8.70. The number of fused-ring (bicyclic) bond motifs is 7. The Morgan fingerprint density at radius 3 is 1.61 bits per heavy atom. The van der Waals surface area contributed by atoms with Gasteiger partial charge in [0, 0.05) is 21.8 Å². The molecule has 0 aliphatic rings. The van der Waals surface area contributed by atoms with Crippen LogP contribution in [0.1, 0.15) is 0 Å². The minimum atomic E-state index is 0.870. The third kappa shape index (κ3) is 5.19. The maximum Gasteiger partial charge on any atom is 0.159 e. The molecule has 0 aliphatic heterocycles. The van der Waals surface area contributed by atoms with Crippen LogP contribution >= 0.6 is 0 Å². The van der Waals surface area contributed by atoms with E-state index in [0.717, 1.165) is 44.6 Å². The van der Waals surface area contributed by atoms with Gasteiger partial charge in [0.25, 0.3) is 0 Å². The lowest BCUT2D eigenvalue weighted by Gasteiger charge is -2.27. The van der Waals surface area contributed by atoms with E-state index in [1.165, 1.54) is 60.1 Å². The van der Waals surface area contributed by atoms with E-state index < -0.39 is 0 Å². The molecule has 0 atom stereocenters. The zero-order valence-corrected chi connectivity index (χ0v) is 30.6. The van der Waals surface area contributed by atoms with Crippen molar-refractivity contribution in [1.29, 1.82) is 0 Å². The van der Waals surface area contributed by atoms with Gasteiger partial charge < -0.3 is 9.32 Å². The molecule has 11 rings (SSSR count). The third-order valence-corrected chi connectivity index (χ3v) is 11.2. The number of benzene rings is 10. The fraction of sp³-hybridized carbons (Fsp3) is 0. The van der Waals surface area contributed by atoms with Crippen molar-refractivity contribution in [3.8, 4) is 33.4 Å². The zero-order valence-electron chi connectivity index (χ0n) is 30.6. The first-order chi connectivity index (χ1) is 27.8. The number of para-hydroxylation sites is 2. The highest BCUT2D eigenvalue weighted by molar-refractivity contribution is 6.22. The van der Waals surface area contributed by atoms with Gasteiger partial charge in [0.05, 0.1) is 11.4 Å². The molecular weight excluding hydrogens is 679 g/mol. The molecule has 56 heavy (non-hydrogen) atoms. The molecule has 11 aromatic rings. The van der Waals surface area contributed by atoms with E-state index in [2.05, 4.69) is 211 Å². The first kappa shape index (κ1) is 32.0. The van der Waals surface area contributed by atoms with Crippen molar-refractivity contribution in [3.05, 3.63) is 212 Å². The summed E-state index contributed by atoms with van der Waals surface area (Å²) in [6.45, 7) is 0. The Bertz CT molecular complexity index is 3230. The highest BCUT2D eigenvalue weighted by Gasteiger charge is 2.22. The molecule has 0 unspecified atom stereocenters. The molecular formula is C54H35NO. The van der Waals surface area contributed by atoms with Gasteiger partial charge in [-0.15, -0.1) is 0 Å². The predicted molar refractivity (Wildman–Crippen MR) is 237 cm³/mol. The van der Waals surface area contributed by atoms with Crippen molar-refractivity contribution in [2.75, 3.05) is 4.90 Å². The van der Waals surface area contributed by atoms with Gasteiger partial charge in [-0.3, -0.25) is 0 Å². The highest BCUT2D eigenvalue weighted by Crippen LogP contribution is 2.47. The van der Waals surface area contributed by atoms with Crippen molar-refractivity contribution in [2.45, 2.75) is 0 Å². The number of anilines is 3. The van der Waals surface area contributed by atoms with Crippen LogP contribution in [0, 0.1) is 0 Å². The maximum absolute atomic E-state index is 6.63. The molecule has 2 nitrogen and oxygen atoms in total. The minimum Gasteiger partial charge on any atom is -0.454 e. The summed E-state index contributed by atoms with van der Waals surface area (Å²) >= 11 is 0. The molecule has 1 aromatic heterocycles. The van der Waals surface area contributed by atoms with Crippen LogP contribution in [-0.4, -0.2) is 0 Å². The molecule has 0 N–H and O–H groups in total. The van der Waals surface area contributed by atoms with E-state index in [1.54, 1.807) is 0 Å².